The second-order valence-electron chi connectivity index (χ2n) is 5.63. The van der Waals surface area contributed by atoms with E-state index < -0.39 is 24.2 Å². The molecule has 0 spiro atoms. The largest absolute Gasteiger partial charge is 0.456 e. The van der Waals surface area contributed by atoms with Crippen LogP contribution in [-0.2, 0) is 11.3 Å². The topological polar surface area (TPSA) is 57.0 Å². The van der Waals surface area contributed by atoms with Crippen molar-refractivity contribution >= 4 is 17.6 Å². The standard InChI is InChI=1S/C18H14ClF2N3O2/c1-10-8-11(2)24(23-10)15-7-6-13(19)17(22-15)18(25)26-9-12-4-3-5-14(20)16(12)21/h3-8H,9H2,1-2H3. The molecule has 0 saturated carbocycles. The minimum absolute atomic E-state index is 0.0795. The van der Waals surface area contributed by atoms with Crippen LogP contribution in [0.15, 0.2) is 36.4 Å². The fourth-order valence-corrected chi connectivity index (χ4v) is 2.61. The van der Waals surface area contributed by atoms with Crippen molar-refractivity contribution < 1.29 is 18.3 Å². The van der Waals surface area contributed by atoms with E-state index in [1.165, 1.54) is 18.2 Å². The molecule has 3 aromatic rings. The summed E-state index contributed by atoms with van der Waals surface area (Å²) in [4.78, 5) is 16.5. The van der Waals surface area contributed by atoms with E-state index in [-0.39, 0.29) is 16.3 Å². The van der Waals surface area contributed by atoms with Crippen LogP contribution in [0.5, 0.6) is 0 Å². The summed E-state index contributed by atoms with van der Waals surface area (Å²) in [5, 5.41) is 4.38. The maximum absolute atomic E-state index is 13.6. The minimum Gasteiger partial charge on any atom is -0.456 e. The van der Waals surface area contributed by atoms with Crippen molar-refractivity contribution in [3.05, 3.63) is 75.7 Å². The lowest BCUT2D eigenvalue weighted by Crippen LogP contribution is -2.12. The van der Waals surface area contributed by atoms with E-state index in [1.807, 2.05) is 19.9 Å². The SMILES string of the molecule is Cc1cc(C)n(-c2ccc(Cl)c(C(=O)OCc3cccc(F)c3F)n2)n1. The number of aromatic nitrogens is 3. The van der Waals surface area contributed by atoms with Gasteiger partial charge < -0.3 is 4.74 Å². The molecule has 0 saturated heterocycles. The molecule has 0 radical (unpaired) electrons. The molecule has 3 rings (SSSR count). The zero-order valence-corrected chi connectivity index (χ0v) is 14.7. The predicted molar refractivity (Wildman–Crippen MR) is 91.3 cm³/mol. The van der Waals surface area contributed by atoms with E-state index >= 15 is 0 Å². The van der Waals surface area contributed by atoms with Crippen molar-refractivity contribution in [2.75, 3.05) is 0 Å². The highest BCUT2D eigenvalue weighted by Crippen LogP contribution is 2.20. The third kappa shape index (κ3) is 3.57. The van der Waals surface area contributed by atoms with Gasteiger partial charge in [-0.25, -0.2) is 23.2 Å². The van der Waals surface area contributed by atoms with Gasteiger partial charge in [0.2, 0.25) is 0 Å². The molecule has 0 amide bonds. The maximum atomic E-state index is 13.6. The summed E-state index contributed by atoms with van der Waals surface area (Å²) in [5.41, 5.74) is 1.42. The van der Waals surface area contributed by atoms with Crippen LogP contribution < -0.4 is 0 Å². The molecule has 1 aromatic carbocycles. The van der Waals surface area contributed by atoms with E-state index in [0.29, 0.717) is 5.82 Å². The maximum Gasteiger partial charge on any atom is 0.358 e. The third-order valence-electron chi connectivity index (χ3n) is 3.64. The quantitative estimate of drug-likeness (QED) is 0.640. The summed E-state index contributed by atoms with van der Waals surface area (Å²) in [7, 11) is 0. The summed E-state index contributed by atoms with van der Waals surface area (Å²) in [6, 6.07) is 8.62. The second kappa shape index (κ2) is 7.21. The van der Waals surface area contributed by atoms with Gasteiger partial charge in [-0.1, -0.05) is 23.7 Å². The van der Waals surface area contributed by atoms with Crippen molar-refractivity contribution in [2.24, 2.45) is 0 Å². The smallest absolute Gasteiger partial charge is 0.358 e. The molecule has 0 bridgehead atoms. The Hall–Kier alpha value is -2.80. The Morgan fingerprint density at radius 3 is 2.69 bits per heavy atom. The zero-order chi connectivity index (χ0) is 18.8. The first-order chi connectivity index (χ1) is 12.4. The molecule has 26 heavy (non-hydrogen) atoms. The van der Waals surface area contributed by atoms with Crippen molar-refractivity contribution in [3.8, 4) is 5.82 Å². The number of esters is 1. The molecule has 2 heterocycles. The Morgan fingerprint density at radius 1 is 1.23 bits per heavy atom. The fraction of sp³-hybridized carbons (Fsp3) is 0.167. The van der Waals surface area contributed by atoms with Gasteiger partial charge in [0, 0.05) is 11.3 Å². The summed E-state index contributed by atoms with van der Waals surface area (Å²) in [6.45, 7) is 3.24. The third-order valence-corrected chi connectivity index (χ3v) is 3.95. The Kier molecular flexibility index (Phi) is 4.99. The summed E-state index contributed by atoms with van der Waals surface area (Å²) in [6.07, 6.45) is 0. The summed E-state index contributed by atoms with van der Waals surface area (Å²) < 4.78 is 33.5. The van der Waals surface area contributed by atoms with Gasteiger partial charge in [-0.05, 0) is 38.1 Å². The average molecular weight is 378 g/mol. The lowest BCUT2D eigenvalue weighted by molar-refractivity contribution is 0.0461. The van der Waals surface area contributed by atoms with Gasteiger partial charge in [0.1, 0.15) is 6.61 Å². The monoisotopic (exact) mass is 377 g/mol. The molecule has 0 aliphatic rings. The number of halogens is 3. The second-order valence-corrected chi connectivity index (χ2v) is 6.04. The van der Waals surface area contributed by atoms with Crippen LogP contribution in [0.1, 0.15) is 27.4 Å². The van der Waals surface area contributed by atoms with Crippen LogP contribution in [0.2, 0.25) is 5.02 Å². The molecular formula is C18H14ClF2N3O2. The molecule has 0 fully saturated rings. The van der Waals surface area contributed by atoms with E-state index in [2.05, 4.69) is 10.1 Å². The van der Waals surface area contributed by atoms with Gasteiger partial charge in [-0.15, -0.1) is 0 Å². The Labute approximate surface area is 153 Å². The highest BCUT2D eigenvalue weighted by atomic mass is 35.5. The minimum atomic E-state index is -1.06. The molecule has 8 heteroatoms. The lowest BCUT2D eigenvalue weighted by Gasteiger charge is -2.09. The summed E-state index contributed by atoms with van der Waals surface area (Å²) in [5.74, 6) is -2.53. The molecule has 0 N–H and O–H groups in total. The van der Waals surface area contributed by atoms with E-state index in [1.54, 1.807) is 10.7 Å². The number of carbonyl (C=O) groups excluding carboxylic acids is 1. The number of hydrogen-bond donors (Lipinski definition) is 0. The van der Waals surface area contributed by atoms with Gasteiger partial charge in [-0.2, -0.15) is 5.10 Å². The molecule has 0 aliphatic heterocycles. The Bertz CT molecular complexity index is 989. The van der Waals surface area contributed by atoms with Crippen molar-refractivity contribution in [2.45, 2.75) is 20.5 Å². The number of rotatable bonds is 4. The van der Waals surface area contributed by atoms with Crippen LogP contribution in [0, 0.1) is 25.5 Å². The first-order valence-electron chi connectivity index (χ1n) is 7.67. The van der Waals surface area contributed by atoms with Crippen LogP contribution in [0.25, 0.3) is 5.82 Å². The molecule has 2 aromatic heterocycles. The van der Waals surface area contributed by atoms with E-state index in [4.69, 9.17) is 16.3 Å². The fourth-order valence-electron chi connectivity index (χ4n) is 2.43. The molecule has 0 atom stereocenters. The normalized spacial score (nSPS) is 10.8. The first-order valence-corrected chi connectivity index (χ1v) is 8.05. The van der Waals surface area contributed by atoms with Crippen LogP contribution in [0.4, 0.5) is 8.78 Å². The van der Waals surface area contributed by atoms with Crippen LogP contribution in [0.3, 0.4) is 0 Å². The molecule has 0 aliphatic carbocycles. The number of benzene rings is 1. The van der Waals surface area contributed by atoms with Crippen LogP contribution >= 0.6 is 11.6 Å². The zero-order valence-electron chi connectivity index (χ0n) is 14.0. The number of pyridine rings is 1. The first kappa shape index (κ1) is 18.0. The molecule has 5 nitrogen and oxygen atoms in total. The highest BCUT2D eigenvalue weighted by molar-refractivity contribution is 6.33. The van der Waals surface area contributed by atoms with Gasteiger partial charge in [0.15, 0.2) is 23.1 Å². The number of nitrogens with zero attached hydrogens (tertiary/aromatic N) is 3. The molecule has 0 unspecified atom stereocenters. The van der Waals surface area contributed by atoms with Crippen molar-refractivity contribution in [1.29, 1.82) is 0 Å². The van der Waals surface area contributed by atoms with E-state index in [0.717, 1.165) is 17.5 Å². The van der Waals surface area contributed by atoms with Crippen molar-refractivity contribution in [3.63, 3.8) is 0 Å². The number of aryl methyl sites for hydroxylation is 2. The van der Waals surface area contributed by atoms with Crippen LogP contribution in [-0.4, -0.2) is 20.7 Å². The predicted octanol–water partition coefficient (Wildman–Crippen LogP) is 4.17. The van der Waals surface area contributed by atoms with Gasteiger partial charge in [0.25, 0.3) is 0 Å². The van der Waals surface area contributed by atoms with E-state index in [9.17, 15) is 13.6 Å². The Morgan fingerprint density at radius 2 is 2.00 bits per heavy atom. The number of carbonyl (C=O) groups is 1. The van der Waals surface area contributed by atoms with Gasteiger partial charge in [0.05, 0.1) is 10.7 Å². The summed E-state index contributed by atoms with van der Waals surface area (Å²) >= 11 is 6.03. The average Bonchev–Trinajstić information content (AvgIpc) is 2.94. The van der Waals surface area contributed by atoms with Crippen molar-refractivity contribution in [1.82, 2.24) is 14.8 Å². The lowest BCUT2D eigenvalue weighted by atomic mass is 10.2. The number of ether oxygens (including phenoxy) is 1. The molecule has 134 valence electrons. The van der Waals surface area contributed by atoms with Gasteiger partial charge in [-0.3, -0.25) is 0 Å². The van der Waals surface area contributed by atoms with Gasteiger partial charge >= 0.3 is 5.97 Å². The highest BCUT2D eigenvalue weighted by Gasteiger charge is 2.18. The molecular weight excluding hydrogens is 364 g/mol. The number of hydrogen-bond acceptors (Lipinski definition) is 4. The Balaban J connectivity index is 1.84.